The Kier molecular flexibility index (Phi) is 6.06. The second-order valence-corrected chi connectivity index (χ2v) is 10.1. The number of carbonyl (C=O) groups excluding carboxylic acids is 3. The summed E-state index contributed by atoms with van der Waals surface area (Å²) >= 11 is 1.94. The Hall–Kier alpha value is -3.31. The largest absolute Gasteiger partial charge is 0.465 e. The van der Waals surface area contributed by atoms with E-state index < -0.39 is 51.4 Å². The number of halogens is 2. The third-order valence-corrected chi connectivity index (χ3v) is 8.56. The zero-order chi connectivity index (χ0) is 24.9. The first-order valence-corrected chi connectivity index (χ1v) is 12.4. The van der Waals surface area contributed by atoms with Gasteiger partial charge < -0.3 is 4.74 Å². The average Bonchev–Trinajstić information content (AvgIpc) is 3.27. The SMILES string of the molecule is CCOC(=O)Cn1c2c(sc1=O)[C@H](c1ccc(F)cc1)C1C(=O)N(c3ccc(F)cc3)C(=O)C1S2. The predicted octanol–water partition coefficient (Wildman–Crippen LogP) is 3.55. The first kappa shape index (κ1) is 23.4. The highest BCUT2D eigenvalue weighted by Gasteiger charge is 2.56. The van der Waals surface area contributed by atoms with E-state index >= 15 is 0 Å². The Balaban J connectivity index is 1.64. The minimum atomic E-state index is -0.891. The van der Waals surface area contributed by atoms with Crippen LogP contribution in [0.25, 0.3) is 0 Å². The lowest BCUT2D eigenvalue weighted by Gasteiger charge is -2.30. The van der Waals surface area contributed by atoms with E-state index in [4.69, 9.17) is 4.74 Å². The van der Waals surface area contributed by atoms with Crippen LogP contribution in [-0.4, -0.2) is 34.2 Å². The van der Waals surface area contributed by atoms with Crippen LogP contribution in [-0.2, 0) is 25.7 Å². The number of thiazole rings is 1. The van der Waals surface area contributed by atoms with Crippen molar-refractivity contribution < 1.29 is 27.9 Å². The molecule has 2 amide bonds. The molecule has 1 fully saturated rings. The van der Waals surface area contributed by atoms with Crippen LogP contribution in [0.5, 0.6) is 0 Å². The Morgan fingerprint density at radius 3 is 2.23 bits per heavy atom. The normalized spacial score (nSPS) is 21.1. The van der Waals surface area contributed by atoms with Gasteiger partial charge >= 0.3 is 10.8 Å². The Morgan fingerprint density at radius 2 is 1.60 bits per heavy atom. The number of imide groups is 1. The molecule has 2 unspecified atom stereocenters. The highest BCUT2D eigenvalue weighted by atomic mass is 32.2. The number of benzene rings is 2. The lowest BCUT2D eigenvalue weighted by Crippen LogP contribution is -2.32. The summed E-state index contributed by atoms with van der Waals surface area (Å²) < 4.78 is 33.4. The molecule has 2 aliphatic rings. The summed E-state index contributed by atoms with van der Waals surface area (Å²) in [4.78, 5) is 53.3. The van der Waals surface area contributed by atoms with Gasteiger partial charge in [-0.3, -0.25) is 23.7 Å². The fourth-order valence-corrected chi connectivity index (χ4v) is 7.24. The van der Waals surface area contributed by atoms with Crippen molar-refractivity contribution in [3.8, 4) is 0 Å². The smallest absolute Gasteiger partial charge is 0.326 e. The number of rotatable bonds is 5. The zero-order valence-electron chi connectivity index (χ0n) is 18.3. The summed E-state index contributed by atoms with van der Waals surface area (Å²) in [5, 5.41) is -0.483. The molecule has 0 radical (unpaired) electrons. The van der Waals surface area contributed by atoms with Gasteiger partial charge in [0.25, 0.3) is 0 Å². The number of thioether (sulfide) groups is 1. The first-order chi connectivity index (χ1) is 16.8. The molecule has 0 N–H and O–H groups in total. The molecule has 3 aromatic rings. The quantitative estimate of drug-likeness (QED) is 0.381. The molecule has 3 atom stereocenters. The molecule has 180 valence electrons. The maximum absolute atomic E-state index is 13.7. The molecule has 3 heterocycles. The minimum absolute atomic E-state index is 0.148. The topological polar surface area (TPSA) is 85.7 Å². The maximum Gasteiger partial charge on any atom is 0.326 e. The predicted molar refractivity (Wildman–Crippen MR) is 125 cm³/mol. The van der Waals surface area contributed by atoms with E-state index in [0.29, 0.717) is 15.5 Å². The number of hydrogen-bond donors (Lipinski definition) is 0. The molecule has 0 saturated carbocycles. The van der Waals surface area contributed by atoms with Gasteiger partial charge in [0.2, 0.25) is 11.8 Å². The lowest BCUT2D eigenvalue weighted by molar-refractivity contribution is -0.144. The van der Waals surface area contributed by atoms with Crippen molar-refractivity contribution in [3.05, 3.63) is 80.3 Å². The Bertz CT molecular complexity index is 1380. The van der Waals surface area contributed by atoms with Crippen molar-refractivity contribution >= 4 is 46.6 Å². The summed E-state index contributed by atoms with van der Waals surface area (Å²) in [6, 6.07) is 10.6. The summed E-state index contributed by atoms with van der Waals surface area (Å²) in [6.07, 6.45) is 0. The van der Waals surface area contributed by atoms with Gasteiger partial charge in [0.1, 0.15) is 23.4 Å². The molecule has 0 bridgehead atoms. The van der Waals surface area contributed by atoms with Crippen molar-refractivity contribution in [1.82, 2.24) is 4.57 Å². The fourth-order valence-electron chi connectivity index (χ4n) is 4.46. The van der Waals surface area contributed by atoms with E-state index in [1.165, 1.54) is 41.0 Å². The maximum atomic E-state index is 13.7. The van der Waals surface area contributed by atoms with Gasteiger partial charge in [-0.2, -0.15) is 0 Å². The highest BCUT2D eigenvalue weighted by Crippen LogP contribution is 2.53. The van der Waals surface area contributed by atoms with Gasteiger partial charge in [0, 0.05) is 10.8 Å². The van der Waals surface area contributed by atoms with Crippen LogP contribution in [0.4, 0.5) is 14.5 Å². The number of aromatic nitrogens is 1. The van der Waals surface area contributed by atoms with E-state index in [9.17, 15) is 28.0 Å². The average molecular weight is 517 g/mol. The van der Waals surface area contributed by atoms with Crippen molar-refractivity contribution in [2.45, 2.75) is 29.7 Å². The van der Waals surface area contributed by atoms with Gasteiger partial charge in [-0.25, -0.2) is 13.7 Å². The van der Waals surface area contributed by atoms with Crippen LogP contribution in [0.1, 0.15) is 23.3 Å². The number of esters is 1. The lowest BCUT2D eigenvalue weighted by atomic mass is 9.83. The molecule has 2 aromatic carbocycles. The number of fused-ring (bicyclic) bond motifs is 2. The molecule has 0 aliphatic carbocycles. The standard InChI is InChI=1S/C24H18F2N2O5S2/c1-2-33-16(29)11-27-23-20(35-24(27)32)17(12-3-5-13(25)6-4-12)18-19(34-23)22(31)28(21(18)30)15-9-7-14(26)8-10-15/h3-10,17-19H,2,11H2,1H3/t17-,18?,19?/m1/s1. The second-order valence-electron chi connectivity index (χ2n) is 8.01. The van der Waals surface area contributed by atoms with Gasteiger partial charge in [-0.15, -0.1) is 0 Å². The van der Waals surface area contributed by atoms with E-state index in [1.54, 1.807) is 6.92 Å². The molecule has 11 heteroatoms. The molecule has 1 saturated heterocycles. The molecule has 7 nitrogen and oxygen atoms in total. The van der Waals surface area contributed by atoms with Crippen molar-refractivity contribution in [2.75, 3.05) is 11.5 Å². The van der Waals surface area contributed by atoms with Crippen LogP contribution in [0.2, 0.25) is 0 Å². The van der Waals surface area contributed by atoms with E-state index in [0.717, 1.165) is 40.1 Å². The Labute approximate surface area is 206 Å². The van der Waals surface area contributed by atoms with E-state index in [-0.39, 0.29) is 18.8 Å². The third kappa shape index (κ3) is 3.98. The summed E-state index contributed by atoms with van der Waals surface area (Å²) in [7, 11) is 0. The molecular weight excluding hydrogens is 498 g/mol. The molecule has 2 aliphatic heterocycles. The summed E-state index contributed by atoms with van der Waals surface area (Å²) in [5.41, 5.74) is 0.802. The third-order valence-electron chi connectivity index (χ3n) is 5.96. The fraction of sp³-hybridized carbons (Fsp3) is 0.250. The molecular formula is C24H18F2N2O5S2. The molecule has 35 heavy (non-hydrogen) atoms. The number of ether oxygens (including phenoxy) is 1. The first-order valence-electron chi connectivity index (χ1n) is 10.7. The molecule has 0 spiro atoms. The van der Waals surface area contributed by atoms with Crippen molar-refractivity contribution in [3.63, 3.8) is 0 Å². The Morgan fingerprint density at radius 1 is 0.971 bits per heavy atom. The van der Waals surface area contributed by atoms with Crippen LogP contribution in [0.15, 0.2) is 58.4 Å². The number of nitrogens with zero attached hydrogens (tertiary/aromatic N) is 2. The van der Waals surface area contributed by atoms with Crippen molar-refractivity contribution in [1.29, 1.82) is 0 Å². The van der Waals surface area contributed by atoms with Crippen LogP contribution >= 0.6 is 23.1 Å². The molecule has 1 aromatic heterocycles. The second kappa shape index (κ2) is 9.04. The summed E-state index contributed by atoms with van der Waals surface area (Å²) in [6.45, 7) is 1.47. The van der Waals surface area contributed by atoms with E-state index in [1.807, 2.05) is 0 Å². The van der Waals surface area contributed by atoms with Crippen LogP contribution in [0.3, 0.4) is 0 Å². The van der Waals surface area contributed by atoms with Gasteiger partial charge in [0.15, 0.2) is 0 Å². The number of hydrogen-bond acceptors (Lipinski definition) is 7. The van der Waals surface area contributed by atoms with Crippen LogP contribution in [0, 0.1) is 17.6 Å². The minimum Gasteiger partial charge on any atom is -0.465 e. The number of carbonyl (C=O) groups is 3. The summed E-state index contributed by atoms with van der Waals surface area (Å²) in [5.74, 6) is -4.14. The highest BCUT2D eigenvalue weighted by molar-refractivity contribution is 8.00. The van der Waals surface area contributed by atoms with Gasteiger partial charge in [0.05, 0.1) is 23.2 Å². The van der Waals surface area contributed by atoms with Crippen molar-refractivity contribution in [2.24, 2.45) is 5.92 Å². The zero-order valence-corrected chi connectivity index (χ0v) is 19.9. The van der Waals surface area contributed by atoms with Gasteiger partial charge in [-0.05, 0) is 48.9 Å². The van der Waals surface area contributed by atoms with Crippen LogP contribution < -0.4 is 9.77 Å². The van der Waals surface area contributed by atoms with E-state index in [2.05, 4.69) is 0 Å². The number of anilines is 1. The monoisotopic (exact) mass is 516 g/mol. The van der Waals surface area contributed by atoms with Gasteiger partial charge in [-0.1, -0.05) is 35.2 Å². The molecule has 5 rings (SSSR count). The number of amides is 2.